The summed E-state index contributed by atoms with van der Waals surface area (Å²) >= 11 is 0. The van der Waals surface area contributed by atoms with E-state index >= 15 is 0 Å². The summed E-state index contributed by atoms with van der Waals surface area (Å²) in [6, 6.07) is 21.2. The molecule has 0 saturated heterocycles. The normalized spacial score (nSPS) is 11.3. The van der Waals surface area contributed by atoms with Crippen molar-refractivity contribution in [3.63, 3.8) is 0 Å². The van der Waals surface area contributed by atoms with Gasteiger partial charge >= 0.3 is 0 Å². The molecule has 0 spiro atoms. The summed E-state index contributed by atoms with van der Waals surface area (Å²) in [5.74, 6) is 2.29. The Morgan fingerprint density at radius 2 is 1.44 bits per heavy atom. The van der Waals surface area contributed by atoms with Crippen LogP contribution in [0.25, 0.3) is 28.2 Å². The minimum atomic E-state index is 0.358. The van der Waals surface area contributed by atoms with E-state index in [2.05, 4.69) is 83.2 Å². The highest BCUT2D eigenvalue weighted by Gasteiger charge is 2.21. The first kappa shape index (κ1) is 23.4. The fourth-order valence-electron chi connectivity index (χ4n) is 4.74. The van der Waals surface area contributed by atoms with Gasteiger partial charge in [0.05, 0.1) is 17.3 Å². The van der Waals surface area contributed by atoms with Crippen molar-refractivity contribution in [2.45, 2.75) is 60.3 Å². The standard InChI is InChI=1S/C30H32N4/c1-18(2)26-12-9-13-27(19(3)4)29(26)34-30(32-22(7)33-34)24-11-8-10-23(16-24)28-20(5)14-15-25(17-31)21(28)6/h8-16,18-19H,1-7H3. The van der Waals surface area contributed by atoms with E-state index in [1.54, 1.807) is 0 Å². The predicted molar refractivity (Wildman–Crippen MR) is 139 cm³/mol. The van der Waals surface area contributed by atoms with E-state index in [0.29, 0.717) is 17.4 Å². The van der Waals surface area contributed by atoms with E-state index in [1.807, 2.05) is 30.7 Å². The van der Waals surface area contributed by atoms with E-state index in [-0.39, 0.29) is 0 Å². The van der Waals surface area contributed by atoms with Crippen molar-refractivity contribution >= 4 is 0 Å². The van der Waals surface area contributed by atoms with Crippen LogP contribution in [0.1, 0.15) is 73.2 Å². The molecule has 34 heavy (non-hydrogen) atoms. The van der Waals surface area contributed by atoms with Gasteiger partial charge in [-0.05, 0) is 78.1 Å². The summed E-state index contributed by atoms with van der Waals surface area (Å²) in [6.07, 6.45) is 0. The van der Waals surface area contributed by atoms with Gasteiger partial charge in [-0.15, -0.1) is 0 Å². The number of aromatic nitrogens is 3. The fraction of sp³-hybridized carbons (Fsp3) is 0.300. The molecule has 0 unspecified atom stereocenters. The molecule has 0 aliphatic rings. The zero-order valence-corrected chi connectivity index (χ0v) is 21.1. The summed E-state index contributed by atoms with van der Waals surface area (Å²) in [6.45, 7) is 15.0. The summed E-state index contributed by atoms with van der Waals surface area (Å²) in [7, 11) is 0. The van der Waals surface area contributed by atoms with E-state index < -0.39 is 0 Å². The Morgan fingerprint density at radius 1 is 0.824 bits per heavy atom. The second-order valence-electron chi connectivity index (χ2n) is 9.61. The van der Waals surface area contributed by atoms with Gasteiger partial charge in [-0.2, -0.15) is 10.4 Å². The smallest absolute Gasteiger partial charge is 0.163 e. The van der Waals surface area contributed by atoms with Crippen molar-refractivity contribution in [1.82, 2.24) is 14.8 Å². The van der Waals surface area contributed by atoms with Crippen LogP contribution < -0.4 is 0 Å². The number of hydrogen-bond acceptors (Lipinski definition) is 3. The van der Waals surface area contributed by atoms with Gasteiger partial charge in [0.2, 0.25) is 0 Å². The Labute approximate surface area is 202 Å². The van der Waals surface area contributed by atoms with Crippen LogP contribution in [0.3, 0.4) is 0 Å². The molecule has 0 aliphatic heterocycles. The van der Waals surface area contributed by atoms with Gasteiger partial charge < -0.3 is 0 Å². The first-order chi connectivity index (χ1) is 16.2. The van der Waals surface area contributed by atoms with E-state index in [1.165, 1.54) is 11.1 Å². The van der Waals surface area contributed by atoms with Crippen LogP contribution in [-0.2, 0) is 0 Å². The third kappa shape index (κ3) is 4.15. The highest BCUT2D eigenvalue weighted by atomic mass is 15.4. The van der Waals surface area contributed by atoms with Crippen molar-refractivity contribution in [2.24, 2.45) is 0 Å². The molecule has 0 radical (unpaired) electrons. The summed E-state index contributed by atoms with van der Waals surface area (Å²) in [5, 5.41) is 14.4. The zero-order chi connectivity index (χ0) is 24.6. The maximum absolute atomic E-state index is 9.55. The Kier molecular flexibility index (Phi) is 6.39. The quantitative estimate of drug-likeness (QED) is 0.315. The lowest BCUT2D eigenvalue weighted by Crippen LogP contribution is -2.10. The molecule has 4 rings (SSSR count). The molecular weight excluding hydrogens is 416 g/mol. The number of nitriles is 1. The molecule has 0 bridgehead atoms. The molecule has 0 atom stereocenters. The van der Waals surface area contributed by atoms with Crippen LogP contribution >= 0.6 is 0 Å². The molecular formula is C30H32N4. The summed E-state index contributed by atoms with van der Waals surface area (Å²) in [4.78, 5) is 4.87. The molecule has 3 aromatic carbocycles. The van der Waals surface area contributed by atoms with Crippen LogP contribution in [0, 0.1) is 32.1 Å². The van der Waals surface area contributed by atoms with Crippen LogP contribution in [0.4, 0.5) is 0 Å². The average molecular weight is 449 g/mol. The van der Waals surface area contributed by atoms with Gasteiger partial charge in [0, 0.05) is 5.56 Å². The molecule has 0 fully saturated rings. The molecule has 0 amide bonds. The predicted octanol–water partition coefficient (Wildman–Crippen LogP) is 7.65. The van der Waals surface area contributed by atoms with Gasteiger partial charge in [0.15, 0.2) is 5.82 Å². The second kappa shape index (κ2) is 9.27. The highest BCUT2D eigenvalue weighted by Crippen LogP contribution is 2.35. The summed E-state index contributed by atoms with van der Waals surface area (Å²) < 4.78 is 2.03. The average Bonchev–Trinajstić information content (AvgIpc) is 3.20. The molecule has 172 valence electrons. The lowest BCUT2D eigenvalue weighted by atomic mass is 9.91. The molecule has 0 saturated carbocycles. The van der Waals surface area contributed by atoms with Crippen LogP contribution in [0.2, 0.25) is 0 Å². The Bertz CT molecular complexity index is 1370. The highest BCUT2D eigenvalue weighted by molar-refractivity contribution is 5.77. The number of nitrogens with zero attached hydrogens (tertiary/aromatic N) is 4. The molecule has 4 nitrogen and oxygen atoms in total. The largest absolute Gasteiger partial charge is 0.212 e. The Balaban J connectivity index is 1.96. The third-order valence-electron chi connectivity index (χ3n) is 6.47. The topological polar surface area (TPSA) is 54.5 Å². The number of hydrogen-bond donors (Lipinski definition) is 0. The number of benzene rings is 3. The van der Waals surface area contributed by atoms with E-state index in [9.17, 15) is 5.26 Å². The van der Waals surface area contributed by atoms with Crippen molar-refractivity contribution in [1.29, 1.82) is 5.26 Å². The third-order valence-corrected chi connectivity index (χ3v) is 6.47. The Morgan fingerprint density at radius 3 is 2.06 bits per heavy atom. The van der Waals surface area contributed by atoms with Gasteiger partial charge in [0.25, 0.3) is 0 Å². The maximum Gasteiger partial charge on any atom is 0.163 e. The maximum atomic E-state index is 9.55. The second-order valence-corrected chi connectivity index (χ2v) is 9.61. The van der Waals surface area contributed by atoms with Gasteiger partial charge in [-0.25, -0.2) is 9.67 Å². The van der Waals surface area contributed by atoms with Gasteiger partial charge in [-0.3, -0.25) is 0 Å². The molecule has 4 aromatic rings. The molecule has 4 heteroatoms. The van der Waals surface area contributed by atoms with Crippen molar-refractivity contribution < 1.29 is 0 Å². The Hall–Kier alpha value is -3.71. The SMILES string of the molecule is Cc1nc(-c2cccc(-c3c(C)ccc(C#N)c3C)c2)n(-c2c(C(C)C)cccc2C(C)C)n1. The number of rotatable bonds is 5. The van der Waals surface area contributed by atoms with Crippen LogP contribution in [0.15, 0.2) is 54.6 Å². The zero-order valence-electron chi connectivity index (χ0n) is 21.1. The number of para-hydroxylation sites is 1. The first-order valence-electron chi connectivity index (χ1n) is 11.9. The lowest BCUT2D eigenvalue weighted by Gasteiger charge is -2.20. The van der Waals surface area contributed by atoms with E-state index in [4.69, 9.17) is 10.1 Å². The van der Waals surface area contributed by atoms with Crippen LogP contribution in [0.5, 0.6) is 0 Å². The van der Waals surface area contributed by atoms with E-state index in [0.717, 1.165) is 45.2 Å². The first-order valence-corrected chi connectivity index (χ1v) is 11.9. The van der Waals surface area contributed by atoms with Crippen molar-refractivity contribution in [3.8, 4) is 34.3 Å². The molecule has 0 N–H and O–H groups in total. The molecule has 0 aliphatic carbocycles. The summed E-state index contributed by atoms with van der Waals surface area (Å²) in [5.41, 5.74) is 9.72. The van der Waals surface area contributed by atoms with Crippen LogP contribution in [-0.4, -0.2) is 14.8 Å². The minimum absolute atomic E-state index is 0.358. The van der Waals surface area contributed by atoms with Gasteiger partial charge in [-0.1, -0.05) is 70.2 Å². The van der Waals surface area contributed by atoms with Crippen molar-refractivity contribution in [2.75, 3.05) is 0 Å². The monoisotopic (exact) mass is 448 g/mol. The fourth-order valence-corrected chi connectivity index (χ4v) is 4.74. The van der Waals surface area contributed by atoms with Crippen molar-refractivity contribution in [3.05, 3.63) is 88.2 Å². The number of aryl methyl sites for hydroxylation is 2. The molecule has 1 heterocycles. The van der Waals surface area contributed by atoms with Gasteiger partial charge in [0.1, 0.15) is 5.82 Å². The minimum Gasteiger partial charge on any atom is -0.212 e. The molecule has 1 aromatic heterocycles. The lowest BCUT2D eigenvalue weighted by molar-refractivity contribution is 0.769.